The Labute approximate surface area is 86.5 Å². The minimum atomic E-state index is -4.31. The zero-order chi connectivity index (χ0) is 11.5. The average Bonchev–Trinajstić information content (AvgIpc) is 2.18. The summed E-state index contributed by atoms with van der Waals surface area (Å²) >= 11 is 0. The zero-order valence-electron chi connectivity index (χ0n) is 8.33. The fraction of sp³-hybridized carbons (Fsp3) is 0.400. The van der Waals surface area contributed by atoms with Crippen LogP contribution in [-0.4, -0.2) is 25.8 Å². The van der Waals surface area contributed by atoms with Crippen LogP contribution in [0, 0.1) is 0 Å². The van der Waals surface area contributed by atoms with Gasteiger partial charge in [-0.15, -0.1) is 0 Å². The third-order valence-corrected chi connectivity index (χ3v) is 2.23. The summed E-state index contributed by atoms with van der Waals surface area (Å²) in [6.45, 7) is -0.450. The van der Waals surface area contributed by atoms with Crippen molar-refractivity contribution < 1.29 is 13.2 Å². The minimum Gasteiger partial charge on any atom is -0.362 e. The van der Waals surface area contributed by atoms with Crippen LogP contribution in [0.4, 0.5) is 18.9 Å². The Morgan fingerprint density at radius 2 is 1.80 bits per heavy atom. The highest BCUT2D eigenvalue weighted by molar-refractivity contribution is 5.46. The molecule has 0 amide bonds. The van der Waals surface area contributed by atoms with Gasteiger partial charge in [0.2, 0.25) is 0 Å². The number of rotatable bonds is 3. The van der Waals surface area contributed by atoms with Crippen LogP contribution < -0.4 is 10.6 Å². The van der Waals surface area contributed by atoms with E-state index in [1.165, 1.54) is 7.05 Å². The average molecular weight is 218 g/mol. The molecule has 2 nitrogen and oxygen atoms in total. The fourth-order valence-corrected chi connectivity index (χ4v) is 1.35. The molecular weight excluding hydrogens is 205 g/mol. The molecule has 0 bridgehead atoms. The number of likely N-dealkylation sites (N-methyl/N-ethyl adjacent to an activating group) is 1. The smallest absolute Gasteiger partial charge is 0.362 e. The van der Waals surface area contributed by atoms with Crippen molar-refractivity contribution in [2.24, 2.45) is 5.73 Å². The summed E-state index contributed by atoms with van der Waals surface area (Å²) in [6.07, 6.45) is -4.31. The molecule has 84 valence electrons. The number of benzene rings is 1. The molecule has 0 aliphatic heterocycles. The Kier molecular flexibility index (Phi) is 3.57. The van der Waals surface area contributed by atoms with Gasteiger partial charge in [0.15, 0.2) is 0 Å². The summed E-state index contributed by atoms with van der Waals surface area (Å²) in [5, 5.41) is 0. The standard InChI is InChI=1S/C10H13F3N2/c1-15(8-5-3-2-4-6-8)9(7-14)10(11,12)13/h2-6,9H,7,14H2,1H3. The highest BCUT2D eigenvalue weighted by atomic mass is 19.4. The van der Waals surface area contributed by atoms with E-state index in [0.717, 1.165) is 4.90 Å². The van der Waals surface area contributed by atoms with Gasteiger partial charge in [0.1, 0.15) is 6.04 Å². The second-order valence-electron chi connectivity index (χ2n) is 3.24. The van der Waals surface area contributed by atoms with E-state index in [1.807, 2.05) is 0 Å². The molecule has 0 saturated heterocycles. The Morgan fingerprint density at radius 3 is 2.20 bits per heavy atom. The molecule has 1 unspecified atom stereocenters. The van der Waals surface area contributed by atoms with E-state index in [1.54, 1.807) is 30.3 Å². The van der Waals surface area contributed by atoms with Gasteiger partial charge < -0.3 is 10.6 Å². The fourth-order valence-electron chi connectivity index (χ4n) is 1.35. The Bertz CT molecular complexity index is 297. The van der Waals surface area contributed by atoms with Crippen molar-refractivity contribution in [2.45, 2.75) is 12.2 Å². The molecule has 0 heterocycles. The molecule has 0 aliphatic rings. The van der Waals surface area contributed by atoms with Crippen LogP contribution in [-0.2, 0) is 0 Å². The first-order valence-electron chi connectivity index (χ1n) is 4.51. The van der Waals surface area contributed by atoms with Crippen LogP contribution >= 0.6 is 0 Å². The van der Waals surface area contributed by atoms with Crippen molar-refractivity contribution in [3.05, 3.63) is 30.3 Å². The van der Waals surface area contributed by atoms with Crippen molar-refractivity contribution in [1.29, 1.82) is 0 Å². The van der Waals surface area contributed by atoms with Crippen molar-refractivity contribution >= 4 is 5.69 Å². The number of hydrogen-bond acceptors (Lipinski definition) is 2. The molecule has 5 heteroatoms. The topological polar surface area (TPSA) is 29.3 Å². The summed E-state index contributed by atoms with van der Waals surface area (Å²) in [5.41, 5.74) is 5.64. The van der Waals surface area contributed by atoms with Gasteiger partial charge >= 0.3 is 6.18 Å². The first-order valence-corrected chi connectivity index (χ1v) is 4.51. The number of alkyl halides is 3. The van der Waals surface area contributed by atoms with E-state index in [2.05, 4.69) is 0 Å². The van der Waals surface area contributed by atoms with Crippen LogP contribution in [0.3, 0.4) is 0 Å². The SMILES string of the molecule is CN(c1ccccc1)C(CN)C(F)(F)F. The van der Waals surface area contributed by atoms with E-state index < -0.39 is 18.8 Å². The summed E-state index contributed by atoms with van der Waals surface area (Å²) in [5.74, 6) is 0. The highest BCUT2D eigenvalue weighted by Gasteiger charge is 2.41. The van der Waals surface area contributed by atoms with Gasteiger partial charge in [-0.1, -0.05) is 18.2 Å². The molecule has 0 aliphatic carbocycles. The van der Waals surface area contributed by atoms with Gasteiger partial charge in [-0.25, -0.2) is 0 Å². The molecule has 1 rings (SSSR count). The first kappa shape index (κ1) is 11.8. The number of para-hydroxylation sites is 1. The quantitative estimate of drug-likeness (QED) is 0.840. The van der Waals surface area contributed by atoms with E-state index in [9.17, 15) is 13.2 Å². The zero-order valence-corrected chi connectivity index (χ0v) is 8.33. The summed E-state index contributed by atoms with van der Waals surface area (Å²) < 4.78 is 37.6. The molecule has 1 atom stereocenters. The maximum Gasteiger partial charge on any atom is 0.409 e. The number of nitrogens with two attached hydrogens (primary N) is 1. The van der Waals surface area contributed by atoms with Gasteiger partial charge in [-0.2, -0.15) is 13.2 Å². The van der Waals surface area contributed by atoms with Gasteiger partial charge in [0, 0.05) is 19.3 Å². The van der Waals surface area contributed by atoms with Crippen molar-refractivity contribution in [2.75, 3.05) is 18.5 Å². The molecule has 15 heavy (non-hydrogen) atoms. The van der Waals surface area contributed by atoms with Crippen molar-refractivity contribution in [3.63, 3.8) is 0 Å². The van der Waals surface area contributed by atoms with Crippen LogP contribution in [0.25, 0.3) is 0 Å². The highest BCUT2D eigenvalue weighted by Crippen LogP contribution is 2.26. The molecule has 0 spiro atoms. The Hall–Kier alpha value is -1.23. The van der Waals surface area contributed by atoms with E-state index in [0.29, 0.717) is 5.69 Å². The van der Waals surface area contributed by atoms with E-state index >= 15 is 0 Å². The normalized spacial score (nSPS) is 13.7. The van der Waals surface area contributed by atoms with Gasteiger partial charge in [0.05, 0.1) is 0 Å². The van der Waals surface area contributed by atoms with Crippen LogP contribution in [0.1, 0.15) is 0 Å². The Balaban J connectivity index is 2.88. The third-order valence-electron chi connectivity index (χ3n) is 2.23. The molecule has 0 fully saturated rings. The Morgan fingerprint density at radius 1 is 1.27 bits per heavy atom. The maximum absolute atomic E-state index is 12.5. The molecule has 0 aromatic heterocycles. The number of hydrogen-bond donors (Lipinski definition) is 1. The van der Waals surface area contributed by atoms with E-state index in [-0.39, 0.29) is 0 Å². The number of nitrogens with zero attached hydrogens (tertiary/aromatic N) is 1. The molecule has 0 saturated carbocycles. The van der Waals surface area contributed by atoms with Crippen molar-refractivity contribution in [1.82, 2.24) is 0 Å². The van der Waals surface area contributed by atoms with Crippen LogP contribution in [0.2, 0.25) is 0 Å². The molecule has 0 radical (unpaired) electrons. The molecule has 2 N–H and O–H groups in total. The number of halogens is 3. The molecule has 1 aromatic carbocycles. The lowest BCUT2D eigenvalue weighted by molar-refractivity contribution is -0.145. The third kappa shape index (κ3) is 2.86. The van der Waals surface area contributed by atoms with Crippen molar-refractivity contribution in [3.8, 4) is 0 Å². The van der Waals surface area contributed by atoms with E-state index in [4.69, 9.17) is 5.73 Å². The first-order chi connectivity index (χ1) is 6.96. The second-order valence-corrected chi connectivity index (χ2v) is 3.24. The predicted molar refractivity (Wildman–Crippen MR) is 53.7 cm³/mol. The lowest BCUT2D eigenvalue weighted by Crippen LogP contribution is -2.48. The summed E-state index contributed by atoms with van der Waals surface area (Å²) in [7, 11) is 1.39. The maximum atomic E-state index is 12.5. The lowest BCUT2D eigenvalue weighted by Gasteiger charge is -2.30. The summed E-state index contributed by atoms with van der Waals surface area (Å²) in [6, 6.07) is 6.73. The van der Waals surface area contributed by atoms with Gasteiger partial charge in [-0.3, -0.25) is 0 Å². The number of anilines is 1. The molecule has 1 aromatic rings. The van der Waals surface area contributed by atoms with Crippen LogP contribution in [0.5, 0.6) is 0 Å². The monoisotopic (exact) mass is 218 g/mol. The predicted octanol–water partition coefficient (Wildman–Crippen LogP) is 2.01. The largest absolute Gasteiger partial charge is 0.409 e. The lowest BCUT2D eigenvalue weighted by atomic mass is 10.2. The molecular formula is C10H13F3N2. The second kappa shape index (κ2) is 4.53. The van der Waals surface area contributed by atoms with Gasteiger partial charge in [-0.05, 0) is 12.1 Å². The van der Waals surface area contributed by atoms with Gasteiger partial charge in [0.25, 0.3) is 0 Å². The van der Waals surface area contributed by atoms with Crippen LogP contribution in [0.15, 0.2) is 30.3 Å². The summed E-state index contributed by atoms with van der Waals surface area (Å²) in [4.78, 5) is 1.14. The minimum absolute atomic E-state index is 0.450.